The maximum Gasteiger partial charge on any atom is 0.433 e. The summed E-state index contributed by atoms with van der Waals surface area (Å²) in [4.78, 5) is 19.0. The maximum atomic E-state index is 12.5. The van der Waals surface area contributed by atoms with Crippen molar-refractivity contribution in [1.82, 2.24) is 15.3 Å². The van der Waals surface area contributed by atoms with Gasteiger partial charge >= 0.3 is 6.18 Å². The van der Waals surface area contributed by atoms with Gasteiger partial charge in [0.15, 0.2) is 5.16 Å². The van der Waals surface area contributed by atoms with Gasteiger partial charge in [0.25, 0.3) is 0 Å². The van der Waals surface area contributed by atoms with Gasteiger partial charge in [-0.25, -0.2) is 9.97 Å². The number of carbonyl (C=O) groups is 1. The molecule has 0 saturated heterocycles. The monoisotopic (exact) mass is 349 g/mol. The van der Waals surface area contributed by atoms with E-state index in [1.54, 1.807) is 0 Å². The highest BCUT2D eigenvalue weighted by Crippen LogP contribution is 2.28. The second-order valence-electron chi connectivity index (χ2n) is 5.80. The lowest BCUT2D eigenvalue weighted by atomic mass is 10.0. The van der Waals surface area contributed by atoms with Crippen molar-refractivity contribution in [3.63, 3.8) is 0 Å². The number of carbonyl (C=O) groups excluding carboxylic acids is 1. The highest BCUT2D eigenvalue weighted by atomic mass is 32.2. The van der Waals surface area contributed by atoms with Crippen molar-refractivity contribution >= 4 is 17.7 Å². The molecule has 1 heterocycles. The Hall–Kier alpha value is -1.31. The second kappa shape index (κ2) is 9.10. The molecule has 1 N–H and O–H groups in total. The van der Waals surface area contributed by atoms with Gasteiger partial charge < -0.3 is 5.32 Å². The molecule has 0 bridgehead atoms. The van der Waals surface area contributed by atoms with Gasteiger partial charge in [0.1, 0.15) is 5.69 Å². The first-order valence-electron chi connectivity index (χ1n) is 7.51. The molecular weight excluding hydrogens is 327 g/mol. The molecule has 23 heavy (non-hydrogen) atoms. The van der Waals surface area contributed by atoms with Gasteiger partial charge in [-0.3, -0.25) is 4.79 Å². The van der Waals surface area contributed by atoms with Crippen LogP contribution in [0.15, 0.2) is 17.4 Å². The number of hydrogen-bond acceptors (Lipinski definition) is 4. The third-order valence-electron chi connectivity index (χ3n) is 3.08. The highest BCUT2D eigenvalue weighted by Gasteiger charge is 2.32. The van der Waals surface area contributed by atoms with Crippen LogP contribution < -0.4 is 5.32 Å². The van der Waals surface area contributed by atoms with Crippen LogP contribution in [0.1, 0.15) is 45.7 Å². The van der Waals surface area contributed by atoms with E-state index in [4.69, 9.17) is 0 Å². The molecule has 1 unspecified atom stereocenters. The van der Waals surface area contributed by atoms with Gasteiger partial charge in [-0.05, 0) is 25.3 Å². The first-order chi connectivity index (χ1) is 10.7. The number of alkyl halides is 3. The van der Waals surface area contributed by atoms with Crippen LogP contribution in [0.2, 0.25) is 0 Å². The van der Waals surface area contributed by atoms with Gasteiger partial charge in [0, 0.05) is 12.2 Å². The average Bonchev–Trinajstić information content (AvgIpc) is 2.44. The Morgan fingerprint density at radius 2 is 2.00 bits per heavy atom. The molecule has 1 amide bonds. The first kappa shape index (κ1) is 19.7. The standard InChI is InChI=1S/C15H22F3N3OS/c1-10(2)5-4-6-11(3)20-13(22)9-23-14-19-8-7-12(21-14)15(16,17)18/h7-8,10-11H,4-6,9H2,1-3H3,(H,20,22). The fourth-order valence-electron chi connectivity index (χ4n) is 1.92. The maximum absolute atomic E-state index is 12.5. The molecule has 0 saturated carbocycles. The van der Waals surface area contributed by atoms with Crippen LogP contribution >= 0.6 is 11.8 Å². The summed E-state index contributed by atoms with van der Waals surface area (Å²) in [6.45, 7) is 6.22. The van der Waals surface area contributed by atoms with Crippen LogP contribution in [0.5, 0.6) is 0 Å². The summed E-state index contributed by atoms with van der Waals surface area (Å²) in [5.74, 6) is 0.398. The van der Waals surface area contributed by atoms with E-state index < -0.39 is 11.9 Å². The molecule has 0 aliphatic rings. The van der Waals surface area contributed by atoms with Crippen LogP contribution in [0.4, 0.5) is 13.2 Å². The summed E-state index contributed by atoms with van der Waals surface area (Å²) < 4.78 is 37.6. The molecule has 0 aromatic carbocycles. The number of rotatable bonds is 8. The first-order valence-corrected chi connectivity index (χ1v) is 8.49. The van der Waals surface area contributed by atoms with E-state index in [2.05, 4.69) is 29.1 Å². The van der Waals surface area contributed by atoms with E-state index in [0.29, 0.717) is 5.92 Å². The van der Waals surface area contributed by atoms with Gasteiger partial charge in [0.05, 0.1) is 5.75 Å². The predicted octanol–water partition coefficient (Wildman–Crippen LogP) is 3.92. The van der Waals surface area contributed by atoms with Crippen molar-refractivity contribution in [2.45, 2.75) is 57.4 Å². The van der Waals surface area contributed by atoms with E-state index in [1.807, 2.05) is 6.92 Å². The van der Waals surface area contributed by atoms with E-state index in [1.165, 1.54) is 0 Å². The quantitative estimate of drug-likeness (QED) is 0.571. The minimum absolute atomic E-state index is 0.00414. The zero-order chi connectivity index (χ0) is 17.5. The Morgan fingerprint density at radius 1 is 1.30 bits per heavy atom. The Kier molecular flexibility index (Phi) is 7.81. The normalized spacial score (nSPS) is 13.2. The highest BCUT2D eigenvalue weighted by molar-refractivity contribution is 7.99. The van der Waals surface area contributed by atoms with Gasteiger partial charge in [-0.2, -0.15) is 13.2 Å². The summed E-state index contributed by atoms with van der Waals surface area (Å²) in [7, 11) is 0. The molecule has 1 aromatic heterocycles. The Morgan fingerprint density at radius 3 is 2.61 bits per heavy atom. The fraction of sp³-hybridized carbons (Fsp3) is 0.667. The molecule has 4 nitrogen and oxygen atoms in total. The summed E-state index contributed by atoms with van der Waals surface area (Å²) in [5.41, 5.74) is -1.00. The third-order valence-corrected chi connectivity index (χ3v) is 3.94. The molecule has 0 aliphatic heterocycles. The third kappa shape index (κ3) is 8.20. The number of hydrogen-bond donors (Lipinski definition) is 1. The van der Waals surface area contributed by atoms with Crippen LogP contribution in [-0.4, -0.2) is 27.7 Å². The molecule has 0 radical (unpaired) electrons. The summed E-state index contributed by atoms with van der Waals surface area (Å²) >= 11 is 0.895. The lowest BCUT2D eigenvalue weighted by molar-refractivity contribution is -0.141. The lowest BCUT2D eigenvalue weighted by Gasteiger charge is -2.14. The molecule has 0 spiro atoms. The van der Waals surface area contributed by atoms with Crippen molar-refractivity contribution in [2.75, 3.05) is 5.75 Å². The van der Waals surface area contributed by atoms with Crippen LogP contribution in [-0.2, 0) is 11.0 Å². The molecule has 0 aliphatic carbocycles. The largest absolute Gasteiger partial charge is 0.433 e. The molecule has 8 heteroatoms. The van der Waals surface area contributed by atoms with Crippen molar-refractivity contribution < 1.29 is 18.0 Å². The molecule has 130 valence electrons. The second-order valence-corrected chi connectivity index (χ2v) is 6.75. The fourth-order valence-corrected chi connectivity index (χ4v) is 2.56. The van der Waals surface area contributed by atoms with Crippen molar-refractivity contribution in [2.24, 2.45) is 5.92 Å². The minimum Gasteiger partial charge on any atom is -0.353 e. The molecule has 0 fully saturated rings. The van der Waals surface area contributed by atoms with Crippen molar-refractivity contribution in [1.29, 1.82) is 0 Å². The van der Waals surface area contributed by atoms with Gasteiger partial charge in [0.2, 0.25) is 5.91 Å². The van der Waals surface area contributed by atoms with Crippen molar-refractivity contribution in [3.05, 3.63) is 18.0 Å². The molecule has 1 atom stereocenters. The Labute approximate surface area is 138 Å². The predicted molar refractivity (Wildman–Crippen MR) is 84.1 cm³/mol. The minimum atomic E-state index is -4.51. The number of nitrogens with zero attached hydrogens (tertiary/aromatic N) is 2. The average molecular weight is 349 g/mol. The zero-order valence-electron chi connectivity index (χ0n) is 13.5. The van der Waals surface area contributed by atoms with Gasteiger partial charge in [-0.15, -0.1) is 0 Å². The number of thioether (sulfide) groups is 1. The van der Waals surface area contributed by atoms with Crippen molar-refractivity contribution in [3.8, 4) is 0 Å². The van der Waals surface area contributed by atoms with E-state index in [0.717, 1.165) is 43.3 Å². The number of halogens is 3. The lowest BCUT2D eigenvalue weighted by Crippen LogP contribution is -2.33. The number of amides is 1. The Balaban J connectivity index is 2.38. The number of nitrogens with one attached hydrogen (secondary N) is 1. The van der Waals surface area contributed by atoms with Crippen LogP contribution in [0.3, 0.4) is 0 Å². The summed E-state index contributed by atoms with van der Waals surface area (Å²) in [5, 5.41) is 2.78. The van der Waals surface area contributed by atoms with E-state index in [9.17, 15) is 18.0 Å². The van der Waals surface area contributed by atoms with E-state index >= 15 is 0 Å². The smallest absolute Gasteiger partial charge is 0.353 e. The molecule has 1 aromatic rings. The SMILES string of the molecule is CC(C)CCCC(C)NC(=O)CSc1nccc(C(F)(F)F)n1. The Bertz CT molecular complexity index is 509. The zero-order valence-corrected chi connectivity index (χ0v) is 14.3. The van der Waals surface area contributed by atoms with Gasteiger partial charge in [-0.1, -0.05) is 38.5 Å². The molecule has 1 rings (SSSR count). The van der Waals surface area contributed by atoms with E-state index in [-0.39, 0.29) is 22.9 Å². The van der Waals surface area contributed by atoms with Crippen LogP contribution in [0.25, 0.3) is 0 Å². The summed E-state index contributed by atoms with van der Waals surface area (Å²) in [6.07, 6.45) is -0.444. The summed E-state index contributed by atoms with van der Waals surface area (Å²) in [6, 6.07) is 0.852. The topological polar surface area (TPSA) is 54.9 Å². The number of aromatic nitrogens is 2. The van der Waals surface area contributed by atoms with Crippen LogP contribution in [0, 0.1) is 5.92 Å². The molecular formula is C15H22F3N3OS.